The summed E-state index contributed by atoms with van der Waals surface area (Å²) in [5.41, 5.74) is 13.0. The van der Waals surface area contributed by atoms with Crippen LogP contribution < -0.4 is 16.8 Å². The molecule has 0 radical (unpaired) electrons. The lowest BCUT2D eigenvalue weighted by Gasteiger charge is -2.08. The van der Waals surface area contributed by atoms with E-state index in [1.54, 1.807) is 24.3 Å². The molecule has 4 nitrogen and oxygen atoms in total. The molecule has 0 spiro atoms. The fourth-order valence-electron chi connectivity index (χ4n) is 1.64. The van der Waals surface area contributed by atoms with Crippen LogP contribution >= 0.6 is 23.2 Å². The van der Waals surface area contributed by atoms with Crippen LogP contribution in [0.15, 0.2) is 36.4 Å². The molecule has 6 heteroatoms. The maximum Gasteiger partial charge on any atom is 0.255 e. The monoisotopic (exact) mass is 295 g/mol. The average molecular weight is 296 g/mol. The zero-order valence-electron chi connectivity index (χ0n) is 9.78. The van der Waals surface area contributed by atoms with E-state index < -0.39 is 0 Å². The number of hydrogen-bond donors (Lipinski definition) is 3. The molecule has 0 saturated carbocycles. The second-order valence-electron chi connectivity index (χ2n) is 4.00. The van der Waals surface area contributed by atoms with Crippen molar-refractivity contribution in [3.63, 3.8) is 0 Å². The second-order valence-corrected chi connectivity index (χ2v) is 4.87. The molecular weight excluding hydrogens is 285 g/mol. The van der Waals surface area contributed by atoms with Crippen LogP contribution in [0.5, 0.6) is 0 Å². The van der Waals surface area contributed by atoms with E-state index in [1.807, 2.05) is 0 Å². The van der Waals surface area contributed by atoms with Crippen LogP contribution in [-0.2, 0) is 0 Å². The van der Waals surface area contributed by atoms with Crippen molar-refractivity contribution >= 4 is 46.2 Å². The number of benzene rings is 2. The molecule has 0 fully saturated rings. The second kappa shape index (κ2) is 5.38. The zero-order chi connectivity index (χ0) is 14.0. The predicted octanol–water partition coefficient (Wildman–Crippen LogP) is 3.41. The van der Waals surface area contributed by atoms with E-state index in [2.05, 4.69) is 5.32 Å². The maximum absolute atomic E-state index is 12.0. The molecule has 0 saturated heterocycles. The predicted molar refractivity (Wildman–Crippen MR) is 79.7 cm³/mol. The Bertz CT molecular complexity index is 603. The van der Waals surface area contributed by atoms with Crippen molar-refractivity contribution in [1.29, 1.82) is 0 Å². The molecule has 0 aromatic heterocycles. The number of amides is 1. The van der Waals surface area contributed by atoms with E-state index in [0.29, 0.717) is 32.7 Å². The lowest BCUT2D eigenvalue weighted by molar-refractivity contribution is 0.102. The Balaban J connectivity index is 2.25. The molecule has 2 rings (SSSR count). The molecule has 0 aliphatic carbocycles. The number of nitrogen functional groups attached to an aromatic ring is 2. The van der Waals surface area contributed by atoms with Gasteiger partial charge in [-0.05, 0) is 36.4 Å². The van der Waals surface area contributed by atoms with E-state index >= 15 is 0 Å². The van der Waals surface area contributed by atoms with Gasteiger partial charge in [0.25, 0.3) is 5.91 Å². The first-order valence-electron chi connectivity index (χ1n) is 5.37. The third-order valence-electron chi connectivity index (χ3n) is 2.36. The van der Waals surface area contributed by atoms with Gasteiger partial charge in [-0.1, -0.05) is 23.2 Å². The van der Waals surface area contributed by atoms with Crippen molar-refractivity contribution in [3.8, 4) is 0 Å². The summed E-state index contributed by atoms with van der Waals surface area (Å²) in [6.07, 6.45) is 0. The first kappa shape index (κ1) is 13.5. The summed E-state index contributed by atoms with van der Waals surface area (Å²) in [6.45, 7) is 0. The highest BCUT2D eigenvalue weighted by atomic mass is 35.5. The van der Waals surface area contributed by atoms with Gasteiger partial charge in [-0.3, -0.25) is 4.79 Å². The van der Waals surface area contributed by atoms with Crippen LogP contribution in [0.1, 0.15) is 10.4 Å². The molecule has 0 atom stereocenters. The lowest BCUT2D eigenvalue weighted by Crippen LogP contribution is -2.12. The summed E-state index contributed by atoms with van der Waals surface area (Å²) in [4.78, 5) is 12.0. The van der Waals surface area contributed by atoms with Crippen molar-refractivity contribution in [1.82, 2.24) is 0 Å². The van der Waals surface area contributed by atoms with Crippen molar-refractivity contribution in [2.45, 2.75) is 0 Å². The van der Waals surface area contributed by atoms with Gasteiger partial charge in [-0.15, -0.1) is 0 Å². The van der Waals surface area contributed by atoms with Gasteiger partial charge in [0.1, 0.15) is 0 Å². The molecule has 5 N–H and O–H groups in total. The van der Waals surface area contributed by atoms with E-state index in [4.69, 9.17) is 34.7 Å². The number of halogens is 2. The lowest BCUT2D eigenvalue weighted by atomic mass is 10.1. The summed E-state index contributed by atoms with van der Waals surface area (Å²) in [6, 6.07) is 9.43. The smallest absolute Gasteiger partial charge is 0.255 e. The molecule has 0 unspecified atom stereocenters. The molecule has 2 aromatic carbocycles. The first-order chi connectivity index (χ1) is 8.94. The summed E-state index contributed by atoms with van der Waals surface area (Å²) in [5, 5.41) is 3.55. The van der Waals surface area contributed by atoms with Crippen molar-refractivity contribution in [3.05, 3.63) is 52.0 Å². The Morgan fingerprint density at radius 3 is 1.95 bits per heavy atom. The van der Waals surface area contributed by atoms with Crippen LogP contribution in [-0.4, -0.2) is 5.91 Å². The molecule has 98 valence electrons. The Labute approximate surface area is 120 Å². The molecule has 0 aliphatic heterocycles. The molecule has 19 heavy (non-hydrogen) atoms. The Hall–Kier alpha value is -1.91. The first-order valence-corrected chi connectivity index (χ1v) is 6.13. The molecule has 0 bridgehead atoms. The van der Waals surface area contributed by atoms with E-state index in [1.165, 1.54) is 12.1 Å². The summed E-state index contributed by atoms with van der Waals surface area (Å²) in [7, 11) is 0. The number of carbonyl (C=O) groups is 1. The minimum Gasteiger partial charge on any atom is -0.399 e. The third kappa shape index (κ3) is 3.53. The highest BCUT2D eigenvalue weighted by molar-refractivity contribution is 6.35. The van der Waals surface area contributed by atoms with Gasteiger partial charge >= 0.3 is 0 Å². The fourth-order valence-corrected chi connectivity index (χ4v) is 2.16. The average Bonchev–Trinajstić information content (AvgIpc) is 2.25. The van der Waals surface area contributed by atoms with Crippen molar-refractivity contribution < 1.29 is 4.79 Å². The Morgan fingerprint density at radius 1 is 0.895 bits per heavy atom. The maximum atomic E-state index is 12.0. The topological polar surface area (TPSA) is 81.1 Å². The standard InChI is InChI=1S/C13H11Cl2N3O/c14-8-3-9(15)5-12(4-8)18-13(19)7-1-10(16)6-11(17)2-7/h1-6H,16-17H2,(H,18,19). The number of rotatable bonds is 2. The minimum atomic E-state index is -0.336. The van der Waals surface area contributed by atoms with Crippen LogP contribution in [0.25, 0.3) is 0 Å². The normalized spacial score (nSPS) is 10.2. The van der Waals surface area contributed by atoms with E-state index in [9.17, 15) is 4.79 Å². The summed E-state index contributed by atoms with van der Waals surface area (Å²) >= 11 is 11.7. The molecule has 0 aliphatic rings. The number of nitrogens with two attached hydrogens (primary N) is 2. The largest absolute Gasteiger partial charge is 0.399 e. The highest BCUT2D eigenvalue weighted by Gasteiger charge is 2.08. The van der Waals surface area contributed by atoms with Crippen molar-refractivity contribution in [2.75, 3.05) is 16.8 Å². The Kier molecular flexibility index (Phi) is 3.83. The fraction of sp³-hybridized carbons (Fsp3) is 0. The van der Waals surface area contributed by atoms with Crippen molar-refractivity contribution in [2.24, 2.45) is 0 Å². The van der Waals surface area contributed by atoms with Gasteiger partial charge in [-0.2, -0.15) is 0 Å². The number of anilines is 3. The van der Waals surface area contributed by atoms with Gasteiger partial charge in [-0.25, -0.2) is 0 Å². The Morgan fingerprint density at radius 2 is 1.42 bits per heavy atom. The number of nitrogens with one attached hydrogen (secondary N) is 1. The van der Waals surface area contributed by atoms with Crippen LogP contribution in [0, 0.1) is 0 Å². The molecular formula is C13H11Cl2N3O. The minimum absolute atomic E-state index is 0.336. The highest BCUT2D eigenvalue weighted by Crippen LogP contribution is 2.23. The zero-order valence-corrected chi connectivity index (χ0v) is 11.3. The van der Waals surface area contributed by atoms with Crippen LogP contribution in [0.4, 0.5) is 17.1 Å². The number of hydrogen-bond acceptors (Lipinski definition) is 3. The third-order valence-corrected chi connectivity index (χ3v) is 2.80. The molecule has 0 heterocycles. The SMILES string of the molecule is Nc1cc(N)cc(C(=O)Nc2cc(Cl)cc(Cl)c2)c1. The van der Waals surface area contributed by atoms with Crippen LogP contribution in [0.2, 0.25) is 10.0 Å². The quantitative estimate of drug-likeness (QED) is 0.743. The van der Waals surface area contributed by atoms with Gasteiger partial charge in [0, 0.05) is 32.7 Å². The van der Waals surface area contributed by atoms with Gasteiger partial charge in [0.05, 0.1) is 0 Å². The summed E-state index contributed by atoms with van der Waals surface area (Å²) < 4.78 is 0. The molecule has 1 amide bonds. The number of carbonyl (C=O) groups excluding carboxylic acids is 1. The van der Waals surface area contributed by atoms with Gasteiger partial charge in [0.2, 0.25) is 0 Å². The summed E-state index contributed by atoms with van der Waals surface area (Å²) in [5.74, 6) is -0.336. The van der Waals surface area contributed by atoms with Crippen LogP contribution in [0.3, 0.4) is 0 Å². The molecule has 2 aromatic rings. The van der Waals surface area contributed by atoms with E-state index in [0.717, 1.165) is 0 Å². The van der Waals surface area contributed by atoms with E-state index in [-0.39, 0.29) is 5.91 Å². The van der Waals surface area contributed by atoms with Gasteiger partial charge in [0.15, 0.2) is 0 Å². The van der Waals surface area contributed by atoms with Gasteiger partial charge < -0.3 is 16.8 Å².